The number of halogens is 2. The second-order valence-corrected chi connectivity index (χ2v) is 5.79. The number of hydrogen-bond donors (Lipinski definition) is 0. The van der Waals surface area contributed by atoms with Crippen LogP contribution in [0.3, 0.4) is 0 Å². The first-order valence-corrected chi connectivity index (χ1v) is 7.37. The molecule has 4 nitrogen and oxygen atoms in total. The SMILES string of the molecule is CN(C(=O)c1cc(Cl)nnc1Cl)C1CCc2ccccc21. The van der Waals surface area contributed by atoms with E-state index in [1.165, 1.54) is 17.2 Å². The lowest BCUT2D eigenvalue weighted by molar-refractivity contribution is 0.0730. The maximum atomic E-state index is 12.6. The number of nitrogens with zero attached hydrogens (tertiary/aromatic N) is 3. The van der Waals surface area contributed by atoms with E-state index in [0.717, 1.165) is 12.8 Å². The van der Waals surface area contributed by atoms with Gasteiger partial charge in [0.15, 0.2) is 10.3 Å². The number of aromatic nitrogens is 2. The van der Waals surface area contributed by atoms with Crippen molar-refractivity contribution in [3.05, 3.63) is 57.3 Å². The minimum atomic E-state index is -0.196. The molecule has 1 unspecified atom stereocenters. The number of benzene rings is 1. The smallest absolute Gasteiger partial charge is 0.257 e. The van der Waals surface area contributed by atoms with E-state index in [-0.39, 0.29) is 27.8 Å². The molecule has 3 rings (SSSR count). The normalized spacial score (nSPS) is 16.6. The summed E-state index contributed by atoms with van der Waals surface area (Å²) in [6, 6.07) is 9.69. The van der Waals surface area contributed by atoms with Crippen LogP contribution in [0.4, 0.5) is 0 Å². The molecule has 1 aliphatic rings. The molecule has 2 aromatic rings. The van der Waals surface area contributed by atoms with Crippen LogP contribution in [0.2, 0.25) is 10.3 Å². The molecule has 1 aromatic carbocycles. The van der Waals surface area contributed by atoms with Gasteiger partial charge in [-0.25, -0.2) is 0 Å². The Bertz CT molecular complexity index is 705. The van der Waals surface area contributed by atoms with Crippen molar-refractivity contribution in [1.29, 1.82) is 0 Å². The molecule has 1 aliphatic carbocycles. The highest BCUT2D eigenvalue weighted by molar-refractivity contribution is 6.34. The maximum Gasteiger partial charge on any atom is 0.257 e. The van der Waals surface area contributed by atoms with Crippen LogP contribution in [0.1, 0.15) is 33.9 Å². The van der Waals surface area contributed by atoms with Crippen LogP contribution in [0.25, 0.3) is 0 Å². The second kappa shape index (κ2) is 5.62. The summed E-state index contributed by atoms with van der Waals surface area (Å²) in [6.45, 7) is 0. The predicted molar refractivity (Wildman–Crippen MR) is 81.6 cm³/mol. The van der Waals surface area contributed by atoms with Crippen molar-refractivity contribution in [2.75, 3.05) is 7.05 Å². The number of carbonyl (C=O) groups excluding carboxylic acids is 1. The summed E-state index contributed by atoms with van der Waals surface area (Å²) in [5.41, 5.74) is 2.76. The van der Waals surface area contributed by atoms with Gasteiger partial charge in [-0.05, 0) is 30.0 Å². The van der Waals surface area contributed by atoms with Crippen LogP contribution in [-0.2, 0) is 6.42 Å². The molecule has 1 heterocycles. The Morgan fingerprint density at radius 3 is 2.86 bits per heavy atom. The molecule has 0 saturated carbocycles. The molecule has 0 aliphatic heterocycles. The zero-order valence-corrected chi connectivity index (χ0v) is 12.9. The van der Waals surface area contributed by atoms with Crippen LogP contribution in [0, 0.1) is 0 Å². The van der Waals surface area contributed by atoms with Crippen molar-refractivity contribution in [3.63, 3.8) is 0 Å². The lowest BCUT2D eigenvalue weighted by Gasteiger charge is -2.25. The third kappa shape index (κ3) is 2.61. The molecular formula is C15H13Cl2N3O. The maximum absolute atomic E-state index is 12.6. The van der Waals surface area contributed by atoms with Crippen molar-refractivity contribution in [3.8, 4) is 0 Å². The Morgan fingerprint density at radius 1 is 1.29 bits per heavy atom. The van der Waals surface area contributed by atoms with Gasteiger partial charge in [-0.15, -0.1) is 10.2 Å². The minimum absolute atomic E-state index is 0.0525. The monoisotopic (exact) mass is 321 g/mol. The largest absolute Gasteiger partial charge is 0.335 e. The van der Waals surface area contributed by atoms with Crippen LogP contribution < -0.4 is 0 Å². The predicted octanol–water partition coefficient (Wildman–Crippen LogP) is 3.54. The van der Waals surface area contributed by atoms with Crippen LogP contribution in [0.15, 0.2) is 30.3 Å². The standard InChI is InChI=1S/C15H13Cl2N3O/c1-20(12-7-6-9-4-2-3-5-10(9)12)15(21)11-8-13(16)18-19-14(11)17/h2-5,8,12H,6-7H2,1H3. The lowest BCUT2D eigenvalue weighted by atomic mass is 10.1. The van der Waals surface area contributed by atoms with Crippen molar-refractivity contribution >= 4 is 29.1 Å². The Morgan fingerprint density at radius 2 is 2.05 bits per heavy atom. The fraction of sp³-hybridized carbons (Fsp3) is 0.267. The third-order valence-electron chi connectivity index (χ3n) is 3.84. The van der Waals surface area contributed by atoms with Gasteiger partial charge in [0.05, 0.1) is 11.6 Å². The molecule has 6 heteroatoms. The van der Waals surface area contributed by atoms with E-state index in [1.54, 1.807) is 11.9 Å². The zero-order valence-electron chi connectivity index (χ0n) is 11.4. The molecule has 0 radical (unpaired) electrons. The first kappa shape index (κ1) is 14.3. The molecular weight excluding hydrogens is 309 g/mol. The van der Waals surface area contributed by atoms with Gasteiger partial charge in [0.2, 0.25) is 0 Å². The van der Waals surface area contributed by atoms with Gasteiger partial charge in [-0.2, -0.15) is 0 Å². The fourth-order valence-electron chi connectivity index (χ4n) is 2.77. The van der Waals surface area contributed by atoms with Crippen molar-refractivity contribution in [2.24, 2.45) is 0 Å². The highest BCUT2D eigenvalue weighted by Gasteiger charge is 2.30. The van der Waals surface area contributed by atoms with E-state index in [0.29, 0.717) is 0 Å². The van der Waals surface area contributed by atoms with E-state index >= 15 is 0 Å². The number of carbonyl (C=O) groups is 1. The number of hydrogen-bond acceptors (Lipinski definition) is 3. The van der Waals surface area contributed by atoms with Crippen molar-refractivity contribution in [1.82, 2.24) is 15.1 Å². The second-order valence-electron chi connectivity index (χ2n) is 5.04. The number of aryl methyl sites for hydroxylation is 1. The van der Waals surface area contributed by atoms with Gasteiger partial charge >= 0.3 is 0 Å². The van der Waals surface area contributed by atoms with Crippen molar-refractivity contribution < 1.29 is 4.79 Å². The molecule has 108 valence electrons. The summed E-state index contributed by atoms with van der Waals surface area (Å²) < 4.78 is 0. The van der Waals surface area contributed by atoms with Gasteiger partial charge < -0.3 is 4.90 Å². The lowest BCUT2D eigenvalue weighted by Crippen LogP contribution is -2.30. The number of fused-ring (bicyclic) bond motifs is 1. The highest BCUT2D eigenvalue weighted by atomic mass is 35.5. The Labute approximate surface area is 132 Å². The molecule has 0 N–H and O–H groups in total. The molecule has 0 saturated heterocycles. The topological polar surface area (TPSA) is 46.1 Å². The zero-order chi connectivity index (χ0) is 15.0. The number of amides is 1. The Kier molecular flexibility index (Phi) is 3.83. The summed E-state index contributed by atoms with van der Waals surface area (Å²) in [5.74, 6) is -0.196. The fourth-order valence-corrected chi connectivity index (χ4v) is 3.09. The van der Waals surface area contributed by atoms with Gasteiger partial charge in [0.1, 0.15) is 0 Å². The summed E-state index contributed by atoms with van der Waals surface area (Å²) in [6.07, 6.45) is 1.88. The summed E-state index contributed by atoms with van der Waals surface area (Å²) in [4.78, 5) is 14.3. The summed E-state index contributed by atoms with van der Waals surface area (Å²) in [5, 5.41) is 7.54. The van der Waals surface area contributed by atoms with Gasteiger partial charge in [-0.1, -0.05) is 47.5 Å². The van der Waals surface area contributed by atoms with Crippen LogP contribution >= 0.6 is 23.2 Å². The molecule has 21 heavy (non-hydrogen) atoms. The molecule has 1 amide bonds. The molecule has 0 fully saturated rings. The quantitative estimate of drug-likeness (QED) is 0.849. The van der Waals surface area contributed by atoms with Crippen LogP contribution in [0.5, 0.6) is 0 Å². The van der Waals surface area contributed by atoms with Gasteiger partial charge in [0, 0.05) is 7.05 Å². The summed E-state index contributed by atoms with van der Waals surface area (Å²) >= 11 is 11.8. The van der Waals surface area contributed by atoms with E-state index < -0.39 is 0 Å². The Balaban J connectivity index is 1.91. The van der Waals surface area contributed by atoms with Crippen LogP contribution in [-0.4, -0.2) is 28.1 Å². The highest BCUT2D eigenvalue weighted by Crippen LogP contribution is 2.35. The molecule has 1 aromatic heterocycles. The number of rotatable bonds is 2. The van der Waals surface area contributed by atoms with E-state index in [1.807, 2.05) is 12.1 Å². The Hall–Kier alpha value is -1.65. The van der Waals surface area contributed by atoms with E-state index in [2.05, 4.69) is 22.3 Å². The first-order valence-electron chi connectivity index (χ1n) is 6.61. The average Bonchev–Trinajstić information content (AvgIpc) is 2.92. The van der Waals surface area contributed by atoms with Crippen molar-refractivity contribution in [2.45, 2.75) is 18.9 Å². The molecule has 1 atom stereocenters. The average molecular weight is 322 g/mol. The van der Waals surface area contributed by atoms with E-state index in [4.69, 9.17) is 23.2 Å². The van der Waals surface area contributed by atoms with Gasteiger partial charge in [-0.3, -0.25) is 4.79 Å². The minimum Gasteiger partial charge on any atom is -0.335 e. The molecule has 0 bridgehead atoms. The molecule has 0 spiro atoms. The van der Waals surface area contributed by atoms with E-state index in [9.17, 15) is 4.79 Å². The third-order valence-corrected chi connectivity index (χ3v) is 4.30. The first-order chi connectivity index (χ1) is 10.1. The summed E-state index contributed by atoms with van der Waals surface area (Å²) in [7, 11) is 1.78. The van der Waals surface area contributed by atoms with Gasteiger partial charge in [0.25, 0.3) is 5.91 Å².